The highest BCUT2D eigenvalue weighted by molar-refractivity contribution is 5.89. The highest BCUT2D eigenvalue weighted by atomic mass is 16.5. The van der Waals surface area contributed by atoms with E-state index in [-0.39, 0.29) is 12.1 Å². The lowest BCUT2D eigenvalue weighted by Crippen LogP contribution is -2.31. The first-order chi connectivity index (χ1) is 13.0. The Balaban J connectivity index is 1.69. The van der Waals surface area contributed by atoms with Gasteiger partial charge in [0, 0.05) is 11.3 Å². The molecule has 2 amide bonds. The van der Waals surface area contributed by atoms with Crippen LogP contribution in [-0.4, -0.2) is 33.3 Å². The molecule has 3 rings (SSSR count). The molecule has 27 heavy (non-hydrogen) atoms. The van der Waals surface area contributed by atoms with E-state index in [0.29, 0.717) is 5.69 Å². The number of carbonyl (C=O) groups excluding carboxylic acids is 1. The molecule has 140 valence electrons. The predicted octanol–water partition coefficient (Wildman–Crippen LogP) is 3.17. The molecule has 0 aliphatic rings. The zero-order valence-corrected chi connectivity index (χ0v) is 15.7. The van der Waals surface area contributed by atoms with Crippen molar-refractivity contribution in [1.29, 1.82) is 0 Å². The van der Waals surface area contributed by atoms with Crippen LogP contribution in [0, 0.1) is 13.8 Å². The van der Waals surface area contributed by atoms with Gasteiger partial charge in [-0.3, -0.25) is 0 Å². The topological polar surface area (TPSA) is 94.0 Å². The molecule has 8 heteroatoms. The van der Waals surface area contributed by atoms with Crippen LogP contribution >= 0.6 is 0 Å². The molecule has 0 saturated carbocycles. The lowest BCUT2D eigenvalue weighted by atomic mass is 10.0. The number of nitrogens with zero attached hydrogens (tertiary/aromatic N) is 4. The summed E-state index contributed by atoms with van der Waals surface area (Å²) in [5.41, 5.74) is 4.51. The fourth-order valence-electron chi connectivity index (χ4n) is 2.90. The number of benzene rings is 2. The first-order valence-electron chi connectivity index (χ1n) is 8.54. The van der Waals surface area contributed by atoms with Gasteiger partial charge < -0.3 is 15.4 Å². The van der Waals surface area contributed by atoms with Gasteiger partial charge in [-0.15, -0.1) is 5.10 Å². The van der Waals surface area contributed by atoms with Crippen molar-refractivity contribution < 1.29 is 9.53 Å². The van der Waals surface area contributed by atoms with Gasteiger partial charge in [0.15, 0.2) is 0 Å². The van der Waals surface area contributed by atoms with E-state index in [0.717, 1.165) is 28.1 Å². The van der Waals surface area contributed by atoms with Crippen LogP contribution in [0.15, 0.2) is 42.7 Å². The van der Waals surface area contributed by atoms with Crippen LogP contribution in [0.3, 0.4) is 0 Å². The van der Waals surface area contributed by atoms with E-state index in [1.807, 2.05) is 57.2 Å². The molecule has 2 N–H and O–H groups in total. The number of carbonyl (C=O) groups is 1. The minimum absolute atomic E-state index is 0.207. The second kappa shape index (κ2) is 7.86. The second-order valence-corrected chi connectivity index (χ2v) is 6.32. The lowest BCUT2D eigenvalue weighted by Gasteiger charge is -2.18. The molecule has 1 unspecified atom stereocenters. The van der Waals surface area contributed by atoms with Crippen molar-refractivity contribution in [3.8, 4) is 11.4 Å². The molecular weight excluding hydrogens is 344 g/mol. The maximum absolute atomic E-state index is 12.4. The summed E-state index contributed by atoms with van der Waals surface area (Å²) in [6.07, 6.45) is 1.53. The molecular formula is C19H22N6O2. The van der Waals surface area contributed by atoms with Crippen LogP contribution in [0.1, 0.15) is 29.7 Å². The molecule has 1 atom stereocenters. The Hall–Kier alpha value is -3.42. The Morgan fingerprint density at radius 3 is 2.67 bits per heavy atom. The summed E-state index contributed by atoms with van der Waals surface area (Å²) in [7, 11) is 1.62. The molecule has 0 spiro atoms. The largest absolute Gasteiger partial charge is 0.496 e. The number of methoxy groups -OCH3 is 1. The molecule has 0 fully saturated rings. The third kappa shape index (κ3) is 4.22. The fraction of sp³-hybridized carbons (Fsp3) is 0.263. The van der Waals surface area contributed by atoms with E-state index in [4.69, 9.17) is 4.74 Å². The summed E-state index contributed by atoms with van der Waals surface area (Å²) in [4.78, 5) is 12.4. The van der Waals surface area contributed by atoms with Crippen molar-refractivity contribution in [2.24, 2.45) is 0 Å². The summed E-state index contributed by atoms with van der Waals surface area (Å²) in [6, 6.07) is 10.9. The average molecular weight is 366 g/mol. The highest BCUT2D eigenvalue weighted by Gasteiger charge is 2.15. The monoisotopic (exact) mass is 366 g/mol. The standard InChI is InChI=1S/C19H22N6O2/c1-12-5-8-18(27-4)16(9-12)14(3)21-19(26)22-15-6-7-17(13(2)10-15)25-11-20-23-24-25/h5-11,14H,1-4H3,(H2,21,22,26). The van der Waals surface area contributed by atoms with Crippen LogP contribution in [0.25, 0.3) is 5.69 Å². The van der Waals surface area contributed by atoms with E-state index in [1.165, 1.54) is 6.33 Å². The number of aromatic nitrogens is 4. The smallest absolute Gasteiger partial charge is 0.319 e. The molecule has 0 saturated heterocycles. The first-order valence-corrected chi connectivity index (χ1v) is 8.54. The number of rotatable bonds is 5. The maximum atomic E-state index is 12.4. The average Bonchev–Trinajstić information content (AvgIpc) is 3.16. The zero-order valence-electron chi connectivity index (χ0n) is 15.7. The minimum Gasteiger partial charge on any atom is -0.496 e. The molecule has 1 aromatic heterocycles. The van der Waals surface area contributed by atoms with Gasteiger partial charge in [0.25, 0.3) is 0 Å². The molecule has 1 heterocycles. The highest BCUT2D eigenvalue weighted by Crippen LogP contribution is 2.26. The quantitative estimate of drug-likeness (QED) is 0.723. The summed E-state index contributed by atoms with van der Waals surface area (Å²) in [5, 5.41) is 16.9. The van der Waals surface area contributed by atoms with Crippen molar-refractivity contribution >= 4 is 11.7 Å². The van der Waals surface area contributed by atoms with Crippen LogP contribution in [0.5, 0.6) is 5.75 Å². The van der Waals surface area contributed by atoms with E-state index in [9.17, 15) is 4.79 Å². The van der Waals surface area contributed by atoms with Crippen LogP contribution < -0.4 is 15.4 Å². The van der Waals surface area contributed by atoms with Crippen LogP contribution in [-0.2, 0) is 0 Å². The van der Waals surface area contributed by atoms with Crippen molar-refractivity contribution in [2.75, 3.05) is 12.4 Å². The zero-order chi connectivity index (χ0) is 19.4. The molecule has 3 aromatic rings. The summed E-state index contributed by atoms with van der Waals surface area (Å²) < 4.78 is 6.97. The number of anilines is 1. The lowest BCUT2D eigenvalue weighted by molar-refractivity contribution is 0.249. The van der Waals surface area contributed by atoms with Crippen LogP contribution in [0.2, 0.25) is 0 Å². The predicted molar refractivity (Wildman–Crippen MR) is 102 cm³/mol. The van der Waals surface area contributed by atoms with E-state index in [1.54, 1.807) is 11.8 Å². The maximum Gasteiger partial charge on any atom is 0.319 e. The van der Waals surface area contributed by atoms with E-state index < -0.39 is 0 Å². The van der Waals surface area contributed by atoms with E-state index >= 15 is 0 Å². The number of hydrogen-bond acceptors (Lipinski definition) is 5. The third-order valence-corrected chi connectivity index (χ3v) is 4.25. The Morgan fingerprint density at radius 1 is 1.19 bits per heavy atom. The van der Waals surface area contributed by atoms with E-state index in [2.05, 4.69) is 26.2 Å². The van der Waals surface area contributed by atoms with Crippen molar-refractivity contribution in [2.45, 2.75) is 26.8 Å². The summed E-state index contributed by atoms with van der Waals surface area (Å²) in [5.74, 6) is 0.745. The molecule has 0 radical (unpaired) electrons. The number of amides is 2. The first kappa shape index (κ1) is 18.4. The van der Waals surface area contributed by atoms with Crippen molar-refractivity contribution in [3.63, 3.8) is 0 Å². The molecule has 2 aromatic carbocycles. The normalized spacial score (nSPS) is 11.7. The number of ether oxygens (including phenoxy) is 1. The molecule has 0 bridgehead atoms. The Morgan fingerprint density at radius 2 is 2.00 bits per heavy atom. The van der Waals surface area contributed by atoms with Crippen molar-refractivity contribution in [3.05, 3.63) is 59.4 Å². The molecule has 0 aliphatic heterocycles. The van der Waals surface area contributed by atoms with Gasteiger partial charge in [0.05, 0.1) is 18.8 Å². The summed E-state index contributed by atoms with van der Waals surface area (Å²) >= 11 is 0. The fourth-order valence-corrected chi connectivity index (χ4v) is 2.90. The van der Waals surface area contributed by atoms with Gasteiger partial charge in [-0.1, -0.05) is 17.7 Å². The van der Waals surface area contributed by atoms with Crippen LogP contribution in [0.4, 0.5) is 10.5 Å². The van der Waals surface area contributed by atoms with Gasteiger partial charge in [0.2, 0.25) is 0 Å². The second-order valence-electron chi connectivity index (χ2n) is 6.32. The SMILES string of the molecule is COc1ccc(C)cc1C(C)NC(=O)Nc1ccc(-n2cnnn2)c(C)c1. The van der Waals surface area contributed by atoms with Gasteiger partial charge in [-0.2, -0.15) is 0 Å². The molecule has 0 aliphatic carbocycles. The summed E-state index contributed by atoms with van der Waals surface area (Å²) in [6.45, 7) is 5.86. The number of urea groups is 1. The number of aryl methyl sites for hydroxylation is 2. The van der Waals surface area contributed by atoms with Gasteiger partial charge >= 0.3 is 6.03 Å². The Kier molecular flexibility index (Phi) is 5.35. The Bertz CT molecular complexity index is 939. The van der Waals surface area contributed by atoms with Gasteiger partial charge in [-0.25, -0.2) is 9.48 Å². The number of tetrazole rings is 1. The number of nitrogens with one attached hydrogen (secondary N) is 2. The number of hydrogen-bond donors (Lipinski definition) is 2. The molecule has 8 nitrogen and oxygen atoms in total. The third-order valence-electron chi connectivity index (χ3n) is 4.25. The van der Waals surface area contributed by atoms with Gasteiger partial charge in [-0.05, 0) is 61.0 Å². The van der Waals surface area contributed by atoms with Gasteiger partial charge in [0.1, 0.15) is 12.1 Å². The Labute approximate surface area is 157 Å². The van der Waals surface area contributed by atoms with Crippen molar-refractivity contribution in [1.82, 2.24) is 25.5 Å². The minimum atomic E-state index is -0.291.